The first-order chi connectivity index (χ1) is 13.0. The van der Waals surface area contributed by atoms with Gasteiger partial charge in [0.1, 0.15) is 6.54 Å². The summed E-state index contributed by atoms with van der Waals surface area (Å²) in [5.41, 5.74) is 2.64. The van der Waals surface area contributed by atoms with Crippen LogP contribution in [-0.2, 0) is 19.6 Å². The molecule has 2 aromatic rings. The largest absolute Gasteiger partial charge is 0.468 e. The molecule has 0 aliphatic heterocycles. The number of nitrogens with zero attached hydrogens (tertiary/aromatic N) is 2. The highest BCUT2D eigenvalue weighted by Crippen LogP contribution is 2.32. The number of hydrogen-bond acceptors (Lipinski definition) is 6. The van der Waals surface area contributed by atoms with Crippen LogP contribution in [0.5, 0.6) is 0 Å². The maximum atomic E-state index is 13.4. The fourth-order valence-corrected chi connectivity index (χ4v) is 4.66. The minimum atomic E-state index is -4.26. The average molecular weight is 406 g/mol. The minimum Gasteiger partial charge on any atom is -0.468 e. The van der Waals surface area contributed by atoms with E-state index in [4.69, 9.17) is 0 Å². The van der Waals surface area contributed by atoms with Crippen molar-refractivity contribution in [3.05, 3.63) is 62.7 Å². The molecule has 0 amide bonds. The van der Waals surface area contributed by atoms with E-state index >= 15 is 0 Å². The smallest absolute Gasteiger partial charge is 0.326 e. The first-order valence-electron chi connectivity index (χ1n) is 8.41. The number of aryl methyl sites for hydroxylation is 4. The van der Waals surface area contributed by atoms with Gasteiger partial charge >= 0.3 is 5.97 Å². The van der Waals surface area contributed by atoms with Crippen molar-refractivity contribution in [2.75, 3.05) is 18.0 Å². The van der Waals surface area contributed by atoms with Crippen LogP contribution in [0.3, 0.4) is 0 Å². The molecular formula is C19H22N2O6S. The standard InChI is InChI=1S/C19H22N2O6S/c1-12-8-14(3)19(15(4)9-12)20(11-18(22)27-5)28(25,26)16-7-6-13(2)17(10-16)21(23)24/h6-10H,11H2,1-5H3. The van der Waals surface area contributed by atoms with Crippen molar-refractivity contribution in [1.82, 2.24) is 0 Å². The molecular weight excluding hydrogens is 384 g/mol. The molecule has 0 saturated carbocycles. The number of anilines is 1. The Kier molecular flexibility index (Phi) is 6.08. The van der Waals surface area contributed by atoms with Gasteiger partial charge in [-0.3, -0.25) is 19.2 Å². The zero-order valence-electron chi connectivity index (χ0n) is 16.3. The van der Waals surface area contributed by atoms with E-state index in [0.29, 0.717) is 22.4 Å². The van der Waals surface area contributed by atoms with Gasteiger partial charge in [0.25, 0.3) is 15.7 Å². The van der Waals surface area contributed by atoms with Crippen LogP contribution in [-0.4, -0.2) is 33.0 Å². The molecule has 0 spiro atoms. The number of carbonyl (C=O) groups is 1. The number of benzene rings is 2. The van der Waals surface area contributed by atoms with Crippen LogP contribution < -0.4 is 4.31 Å². The first kappa shape index (κ1) is 21.4. The summed E-state index contributed by atoms with van der Waals surface area (Å²) in [6, 6.07) is 7.28. The highest BCUT2D eigenvalue weighted by atomic mass is 32.2. The molecule has 0 aliphatic carbocycles. The van der Waals surface area contributed by atoms with Crippen molar-refractivity contribution in [3.8, 4) is 0 Å². The molecule has 0 unspecified atom stereocenters. The third-order valence-corrected chi connectivity index (χ3v) is 6.09. The highest BCUT2D eigenvalue weighted by Gasteiger charge is 2.31. The lowest BCUT2D eigenvalue weighted by Gasteiger charge is -2.27. The third kappa shape index (κ3) is 4.14. The van der Waals surface area contributed by atoms with E-state index in [1.807, 2.05) is 6.92 Å². The molecule has 0 saturated heterocycles. The van der Waals surface area contributed by atoms with Gasteiger partial charge < -0.3 is 4.74 Å². The van der Waals surface area contributed by atoms with Crippen molar-refractivity contribution in [1.29, 1.82) is 0 Å². The summed E-state index contributed by atoms with van der Waals surface area (Å²) >= 11 is 0. The molecule has 0 aromatic heterocycles. The molecule has 0 heterocycles. The molecule has 0 atom stereocenters. The van der Waals surface area contributed by atoms with E-state index in [-0.39, 0.29) is 10.6 Å². The molecule has 150 valence electrons. The third-order valence-electron chi connectivity index (χ3n) is 4.35. The van der Waals surface area contributed by atoms with Gasteiger partial charge in [0.05, 0.1) is 22.6 Å². The van der Waals surface area contributed by atoms with E-state index in [2.05, 4.69) is 4.74 Å². The van der Waals surface area contributed by atoms with Gasteiger partial charge in [-0.1, -0.05) is 23.8 Å². The maximum absolute atomic E-state index is 13.4. The number of methoxy groups -OCH3 is 1. The van der Waals surface area contributed by atoms with Crippen LogP contribution in [0.25, 0.3) is 0 Å². The maximum Gasteiger partial charge on any atom is 0.326 e. The summed E-state index contributed by atoms with van der Waals surface area (Å²) < 4.78 is 32.3. The number of esters is 1. The molecule has 2 rings (SSSR count). The Bertz CT molecular complexity index is 1020. The van der Waals surface area contributed by atoms with Gasteiger partial charge in [0.15, 0.2) is 0 Å². The molecule has 0 aliphatic rings. The molecule has 8 nitrogen and oxygen atoms in total. The van der Waals surface area contributed by atoms with Crippen LogP contribution in [0.4, 0.5) is 11.4 Å². The van der Waals surface area contributed by atoms with E-state index in [9.17, 15) is 23.3 Å². The van der Waals surface area contributed by atoms with Gasteiger partial charge in [-0.25, -0.2) is 8.42 Å². The van der Waals surface area contributed by atoms with E-state index in [0.717, 1.165) is 15.9 Å². The Hall–Kier alpha value is -2.94. The van der Waals surface area contributed by atoms with Crippen molar-refractivity contribution in [2.45, 2.75) is 32.6 Å². The molecule has 9 heteroatoms. The van der Waals surface area contributed by atoms with Crippen molar-refractivity contribution in [2.24, 2.45) is 0 Å². The van der Waals surface area contributed by atoms with E-state index in [1.165, 1.54) is 26.2 Å². The number of ether oxygens (including phenoxy) is 1. The average Bonchev–Trinajstić information content (AvgIpc) is 2.59. The zero-order chi connectivity index (χ0) is 21.2. The van der Waals surface area contributed by atoms with Crippen molar-refractivity contribution >= 4 is 27.4 Å². The Labute approximate surface area is 163 Å². The van der Waals surface area contributed by atoms with E-state index in [1.54, 1.807) is 26.0 Å². The number of hydrogen-bond donors (Lipinski definition) is 0. The van der Waals surface area contributed by atoms with Gasteiger partial charge in [0.2, 0.25) is 0 Å². The second kappa shape index (κ2) is 7.97. The zero-order valence-corrected chi connectivity index (χ0v) is 17.2. The SMILES string of the molecule is COC(=O)CN(c1c(C)cc(C)cc1C)S(=O)(=O)c1ccc(C)c([N+](=O)[O-])c1. The second-order valence-corrected chi connectivity index (χ2v) is 8.40. The van der Waals surface area contributed by atoms with Crippen LogP contribution in [0.1, 0.15) is 22.3 Å². The number of nitro benzene ring substituents is 1. The Morgan fingerprint density at radius 2 is 1.64 bits per heavy atom. The van der Waals surface area contributed by atoms with Gasteiger partial charge in [-0.15, -0.1) is 0 Å². The van der Waals surface area contributed by atoms with E-state index < -0.39 is 27.5 Å². The predicted molar refractivity (Wildman–Crippen MR) is 105 cm³/mol. The first-order valence-corrected chi connectivity index (χ1v) is 9.85. The molecule has 0 N–H and O–H groups in total. The fourth-order valence-electron chi connectivity index (χ4n) is 3.11. The number of sulfonamides is 1. The number of rotatable bonds is 6. The van der Waals surface area contributed by atoms with Crippen LogP contribution in [0.15, 0.2) is 35.2 Å². The minimum absolute atomic E-state index is 0.270. The molecule has 28 heavy (non-hydrogen) atoms. The Balaban J connectivity index is 2.72. The molecule has 0 fully saturated rings. The van der Waals surface area contributed by atoms with Gasteiger partial charge in [-0.05, 0) is 44.9 Å². The van der Waals surface area contributed by atoms with Crippen LogP contribution in [0.2, 0.25) is 0 Å². The number of nitro groups is 1. The van der Waals surface area contributed by atoms with Crippen molar-refractivity contribution < 1.29 is 22.9 Å². The normalized spacial score (nSPS) is 11.2. The summed E-state index contributed by atoms with van der Waals surface area (Å²) in [4.78, 5) is 22.3. The van der Waals surface area contributed by atoms with Crippen molar-refractivity contribution in [3.63, 3.8) is 0 Å². The van der Waals surface area contributed by atoms with Crippen LogP contribution >= 0.6 is 0 Å². The molecule has 2 aromatic carbocycles. The lowest BCUT2D eigenvalue weighted by molar-refractivity contribution is -0.385. The second-order valence-electron chi connectivity index (χ2n) is 6.54. The molecule has 0 bridgehead atoms. The predicted octanol–water partition coefficient (Wildman–Crippen LogP) is 3.20. The monoisotopic (exact) mass is 406 g/mol. The topological polar surface area (TPSA) is 107 Å². The van der Waals surface area contributed by atoms with Gasteiger partial charge in [0, 0.05) is 11.6 Å². The summed E-state index contributed by atoms with van der Waals surface area (Å²) in [5.74, 6) is -0.746. The number of carbonyl (C=O) groups excluding carboxylic acids is 1. The Morgan fingerprint density at radius 1 is 1.07 bits per heavy atom. The quantitative estimate of drug-likeness (QED) is 0.414. The lowest BCUT2D eigenvalue weighted by Crippen LogP contribution is -2.37. The fraction of sp³-hybridized carbons (Fsp3) is 0.316. The summed E-state index contributed by atoms with van der Waals surface area (Å²) in [6.45, 7) is 6.34. The Morgan fingerprint density at radius 3 is 2.14 bits per heavy atom. The highest BCUT2D eigenvalue weighted by molar-refractivity contribution is 7.92. The summed E-state index contributed by atoms with van der Waals surface area (Å²) in [5, 5.41) is 11.2. The molecule has 0 radical (unpaired) electrons. The summed E-state index contributed by atoms with van der Waals surface area (Å²) in [6.07, 6.45) is 0. The lowest BCUT2D eigenvalue weighted by atomic mass is 10.1. The van der Waals surface area contributed by atoms with Gasteiger partial charge in [-0.2, -0.15) is 0 Å². The summed E-state index contributed by atoms with van der Waals surface area (Å²) in [7, 11) is -3.10. The van der Waals surface area contributed by atoms with Crippen LogP contribution in [0, 0.1) is 37.8 Å².